The highest BCUT2D eigenvalue weighted by atomic mass is 79.9. The Kier molecular flexibility index (Phi) is 4.75. The van der Waals surface area contributed by atoms with Crippen LogP contribution in [0.2, 0.25) is 0 Å². The second-order valence-electron chi connectivity index (χ2n) is 4.08. The Morgan fingerprint density at radius 1 is 1.18 bits per heavy atom. The number of halogens is 1. The van der Waals surface area contributed by atoms with Crippen molar-refractivity contribution >= 4 is 26.7 Å². The number of benzene rings is 1. The molecule has 0 aliphatic heterocycles. The molecule has 1 unspecified atom stereocenters. The topological polar surface area (TPSA) is 17.1 Å². The van der Waals surface area contributed by atoms with E-state index in [-0.39, 0.29) is 0 Å². The van der Waals surface area contributed by atoms with Crippen molar-refractivity contribution in [2.24, 2.45) is 0 Å². The Bertz CT molecular complexity index is 460. The van der Waals surface area contributed by atoms with E-state index < -0.39 is 10.8 Å². The zero-order chi connectivity index (χ0) is 12.1. The van der Waals surface area contributed by atoms with Crippen LogP contribution in [0.5, 0.6) is 0 Å². The van der Waals surface area contributed by atoms with E-state index >= 15 is 0 Å². The predicted molar refractivity (Wildman–Crippen MR) is 76.2 cm³/mol. The lowest BCUT2D eigenvalue weighted by Gasteiger charge is -2.07. The van der Waals surface area contributed by atoms with Crippen LogP contribution in [0.25, 0.3) is 0 Å². The molecule has 0 saturated heterocycles. The minimum Gasteiger partial charge on any atom is -0.250 e. The van der Waals surface area contributed by atoms with Gasteiger partial charge in [-0.25, -0.2) is 4.21 Å². The number of hydrogen-bond acceptors (Lipinski definition) is 1. The summed E-state index contributed by atoms with van der Waals surface area (Å²) in [5, 5.41) is 1.79. The molecule has 17 heavy (non-hydrogen) atoms. The third-order valence-corrected chi connectivity index (χ3v) is 4.43. The first-order chi connectivity index (χ1) is 8.25. The van der Waals surface area contributed by atoms with Crippen LogP contribution in [0.3, 0.4) is 0 Å². The molecule has 1 aromatic rings. The fourth-order valence-corrected chi connectivity index (χ4v) is 2.94. The summed E-state index contributed by atoms with van der Waals surface area (Å²) in [7, 11) is -1.04. The Morgan fingerprint density at radius 2 is 1.94 bits per heavy atom. The summed E-state index contributed by atoms with van der Waals surface area (Å²) in [6, 6.07) is 7.61. The minimum atomic E-state index is -1.04. The lowest BCUT2D eigenvalue weighted by molar-refractivity contribution is 0.688. The van der Waals surface area contributed by atoms with E-state index in [4.69, 9.17) is 0 Å². The molecule has 0 bridgehead atoms. The Hall–Kier alpha value is -0.670. The van der Waals surface area contributed by atoms with Crippen molar-refractivity contribution in [3.05, 3.63) is 51.9 Å². The molecule has 2 rings (SSSR count). The number of rotatable bonds is 3. The lowest BCUT2D eigenvalue weighted by atomic mass is 10.0. The van der Waals surface area contributed by atoms with Gasteiger partial charge in [-0.05, 0) is 49.9 Å². The van der Waals surface area contributed by atoms with Gasteiger partial charge in [0.05, 0.1) is 10.8 Å². The summed E-state index contributed by atoms with van der Waals surface area (Å²) in [5.74, 6) is 0. The third-order valence-electron chi connectivity index (χ3n) is 2.78. The average molecular weight is 311 g/mol. The summed E-state index contributed by atoms with van der Waals surface area (Å²) in [4.78, 5) is 0.848. The maximum absolute atomic E-state index is 12.0. The van der Waals surface area contributed by atoms with E-state index in [1.807, 2.05) is 30.3 Å². The minimum absolute atomic E-state index is 0.848. The fourth-order valence-electron chi connectivity index (χ4n) is 1.81. The molecule has 1 nitrogen and oxygen atoms in total. The maximum atomic E-state index is 12.0. The standard InChI is InChI=1S/C14H15BrOS/c15-13-6-8-14(9-7-13)17(16)11-10-12-4-2-1-3-5-12/h4,6-11H,1-3,5H2. The normalized spacial score (nSPS) is 18.1. The molecule has 0 radical (unpaired) electrons. The highest BCUT2D eigenvalue weighted by molar-refractivity contribution is 9.10. The van der Waals surface area contributed by atoms with Crippen molar-refractivity contribution in [3.8, 4) is 0 Å². The molecule has 3 heteroatoms. The van der Waals surface area contributed by atoms with Gasteiger partial charge in [-0.1, -0.05) is 33.7 Å². The van der Waals surface area contributed by atoms with Crippen LogP contribution in [-0.4, -0.2) is 4.21 Å². The van der Waals surface area contributed by atoms with Gasteiger partial charge in [-0.2, -0.15) is 0 Å². The maximum Gasteiger partial charge on any atom is 0.0776 e. The molecule has 1 aromatic carbocycles. The number of allylic oxidation sites excluding steroid dienone is 3. The Labute approximate surface area is 113 Å². The van der Waals surface area contributed by atoms with Crippen molar-refractivity contribution < 1.29 is 4.21 Å². The van der Waals surface area contributed by atoms with E-state index in [0.717, 1.165) is 22.2 Å². The van der Waals surface area contributed by atoms with Crippen LogP contribution in [-0.2, 0) is 10.8 Å². The first-order valence-corrected chi connectivity index (χ1v) is 7.80. The molecule has 0 fully saturated rings. The SMILES string of the molecule is O=S(C=CC1=CCCCC1)c1ccc(Br)cc1. The predicted octanol–water partition coefficient (Wildman–Crippen LogP) is 4.57. The van der Waals surface area contributed by atoms with Gasteiger partial charge in [0.2, 0.25) is 0 Å². The molecule has 0 amide bonds. The Morgan fingerprint density at radius 3 is 2.59 bits per heavy atom. The lowest BCUT2D eigenvalue weighted by Crippen LogP contribution is -1.90. The molecule has 0 N–H and O–H groups in total. The van der Waals surface area contributed by atoms with Gasteiger partial charge in [0.25, 0.3) is 0 Å². The van der Waals surface area contributed by atoms with Gasteiger partial charge >= 0.3 is 0 Å². The van der Waals surface area contributed by atoms with Crippen molar-refractivity contribution in [3.63, 3.8) is 0 Å². The first-order valence-electron chi connectivity index (χ1n) is 5.79. The van der Waals surface area contributed by atoms with Crippen LogP contribution in [0.15, 0.2) is 56.8 Å². The van der Waals surface area contributed by atoms with Gasteiger partial charge in [-0.15, -0.1) is 0 Å². The van der Waals surface area contributed by atoms with Crippen molar-refractivity contribution in [2.75, 3.05) is 0 Å². The monoisotopic (exact) mass is 310 g/mol. The van der Waals surface area contributed by atoms with Gasteiger partial charge in [0.1, 0.15) is 0 Å². The second-order valence-corrected chi connectivity index (χ2v) is 6.33. The van der Waals surface area contributed by atoms with Crippen molar-refractivity contribution in [1.82, 2.24) is 0 Å². The van der Waals surface area contributed by atoms with Gasteiger partial charge in [0, 0.05) is 14.8 Å². The van der Waals surface area contributed by atoms with E-state index in [0.29, 0.717) is 0 Å². The summed E-state index contributed by atoms with van der Waals surface area (Å²) < 4.78 is 13.0. The number of hydrogen-bond donors (Lipinski definition) is 0. The van der Waals surface area contributed by atoms with Gasteiger partial charge in [-0.3, -0.25) is 0 Å². The van der Waals surface area contributed by atoms with Crippen LogP contribution < -0.4 is 0 Å². The molecule has 0 aromatic heterocycles. The summed E-state index contributed by atoms with van der Waals surface area (Å²) >= 11 is 3.37. The van der Waals surface area contributed by atoms with E-state index in [2.05, 4.69) is 22.0 Å². The molecular formula is C14H15BrOS. The summed E-state index contributed by atoms with van der Waals surface area (Å²) in [6.07, 6.45) is 9.07. The van der Waals surface area contributed by atoms with Crippen LogP contribution in [0.1, 0.15) is 25.7 Å². The van der Waals surface area contributed by atoms with Gasteiger partial charge in [0.15, 0.2) is 0 Å². The van der Waals surface area contributed by atoms with E-state index in [9.17, 15) is 4.21 Å². The largest absolute Gasteiger partial charge is 0.250 e. The molecule has 0 saturated carbocycles. The van der Waals surface area contributed by atoms with Crippen LogP contribution in [0, 0.1) is 0 Å². The summed E-state index contributed by atoms with van der Waals surface area (Å²) in [5.41, 5.74) is 1.32. The Balaban J connectivity index is 2.03. The first kappa shape index (κ1) is 12.8. The molecule has 1 aliphatic rings. The molecule has 0 spiro atoms. The summed E-state index contributed by atoms with van der Waals surface area (Å²) in [6.45, 7) is 0. The van der Waals surface area contributed by atoms with Crippen LogP contribution in [0.4, 0.5) is 0 Å². The van der Waals surface area contributed by atoms with Crippen LogP contribution >= 0.6 is 15.9 Å². The zero-order valence-corrected chi connectivity index (χ0v) is 12.0. The highest BCUT2D eigenvalue weighted by Crippen LogP contribution is 2.19. The highest BCUT2D eigenvalue weighted by Gasteiger charge is 2.02. The van der Waals surface area contributed by atoms with Crippen molar-refractivity contribution in [1.29, 1.82) is 0 Å². The van der Waals surface area contributed by atoms with E-state index in [1.165, 1.54) is 18.4 Å². The van der Waals surface area contributed by atoms with Gasteiger partial charge < -0.3 is 0 Å². The zero-order valence-electron chi connectivity index (χ0n) is 9.56. The van der Waals surface area contributed by atoms with E-state index in [1.54, 1.807) is 5.41 Å². The molecule has 0 heterocycles. The second kappa shape index (κ2) is 6.31. The molecule has 1 atom stereocenters. The quantitative estimate of drug-likeness (QED) is 0.799. The smallest absolute Gasteiger partial charge is 0.0776 e. The third kappa shape index (κ3) is 3.93. The molecular weight excluding hydrogens is 296 g/mol. The average Bonchev–Trinajstić information content (AvgIpc) is 2.38. The van der Waals surface area contributed by atoms with Crippen molar-refractivity contribution in [2.45, 2.75) is 30.6 Å². The fraction of sp³-hybridized carbons (Fsp3) is 0.286. The molecule has 90 valence electrons. The molecule has 1 aliphatic carbocycles.